The molecule has 0 spiro atoms. The van der Waals surface area contributed by atoms with Crippen LogP contribution in [0.25, 0.3) is 0 Å². The second-order valence-corrected chi connectivity index (χ2v) is 4.86. The van der Waals surface area contributed by atoms with Crippen molar-refractivity contribution in [2.45, 2.75) is 0 Å². The average molecular weight is 326 g/mol. The molecule has 120 valence electrons. The fraction of sp³-hybridized carbons (Fsp3) is 0. The van der Waals surface area contributed by atoms with Gasteiger partial charge < -0.3 is 10.6 Å². The van der Waals surface area contributed by atoms with Crippen LogP contribution in [0, 0.1) is 11.6 Å². The van der Waals surface area contributed by atoms with E-state index in [0.29, 0.717) is 5.69 Å². The summed E-state index contributed by atoms with van der Waals surface area (Å²) < 4.78 is 26.8. The number of rotatable bonds is 4. The Labute approximate surface area is 136 Å². The Balaban J connectivity index is 1.77. The highest BCUT2D eigenvalue weighted by Gasteiger charge is 2.10. The van der Waals surface area contributed by atoms with E-state index >= 15 is 0 Å². The van der Waals surface area contributed by atoms with Gasteiger partial charge >= 0.3 is 0 Å². The van der Waals surface area contributed by atoms with Crippen molar-refractivity contribution < 1.29 is 13.6 Å². The number of hydrogen-bond acceptors (Lipinski definition) is 4. The number of benzene rings is 2. The summed E-state index contributed by atoms with van der Waals surface area (Å²) in [5, 5.41) is 5.30. The molecule has 3 aromatic rings. The second kappa shape index (κ2) is 6.82. The summed E-state index contributed by atoms with van der Waals surface area (Å²) >= 11 is 0. The van der Waals surface area contributed by atoms with E-state index in [1.54, 1.807) is 24.3 Å². The monoisotopic (exact) mass is 326 g/mol. The molecule has 0 atom stereocenters. The number of carbonyl (C=O) groups is 1. The molecule has 1 heterocycles. The minimum absolute atomic E-state index is 0.0631. The van der Waals surface area contributed by atoms with Crippen molar-refractivity contribution in [1.29, 1.82) is 0 Å². The van der Waals surface area contributed by atoms with E-state index in [0.717, 1.165) is 0 Å². The standard InChI is InChI=1S/C17H12F2N4O/c18-11-4-3-5-12(8-11)22-17(24)15-9-16(21-10-20-15)23-14-7-2-1-6-13(14)19/h1-10H,(H,22,24)(H,20,21,23). The van der Waals surface area contributed by atoms with Crippen LogP contribution in [0.4, 0.5) is 26.0 Å². The molecule has 0 unspecified atom stereocenters. The molecule has 7 heteroatoms. The second-order valence-electron chi connectivity index (χ2n) is 4.86. The molecule has 1 amide bonds. The lowest BCUT2D eigenvalue weighted by molar-refractivity contribution is 0.102. The first kappa shape index (κ1) is 15.5. The Bertz CT molecular complexity index is 886. The number of anilines is 3. The molecule has 0 saturated carbocycles. The van der Waals surface area contributed by atoms with E-state index in [1.165, 1.54) is 36.7 Å². The molecule has 2 N–H and O–H groups in total. The van der Waals surface area contributed by atoms with E-state index in [-0.39, 0.29) is 17.2 Å². The molecule has 2 aromatic carbocycles. The third kappa shape index (κ3) is 3.70. The van der Waals surface area contributed by atoms with Gasteiger partial charge in [0.05, 0.1) is 5.69 Å². The van der Waals surface area contributed by atoms with E-state index < -0.39 is 17.5 Å². The van der Waals surface area contributed by atoms with Crippen LogP contribution in [-0.4, -0.2) is 15.9 Å². The molecule has 3 rings (SSSR count). The summed E-state index contributed by atoms with van der Waals surface area (Å²) in [7, 11) is 0. The molecule has 24 heavy (non-hydrogen) atoms. The number of halogens is 2. The lowest BCUT2D eigenvalue weighted by Crippen LogP contribution is -2.14. The minimum Gasteiger partial charge on any atom is -0.338 e. The normalized spacial score (nSPS) is 10.2. The van der Waals surface area contributed by atoms with Crippen LogP contribution in [0.15, 0.2) is 60.9 Å². The fourth-order valence-electron chi connectivity index (χ4n) is 2.01. The van der Waals surface area contributed by atoms with Gasteiger partial charge in [0.15, 0.2) is 0 Å². The Morgan fingerprint density at radius 3 is 2.58 bits per heavy atom. The molecule has 0 radical (unpaired) electrons. The number of hydrogen-bond donors (Lipinski definition) is 2. The molecule has 0 bridgehead atoms. The first-order chi connectivity index (χ1) is 11.6. The van der Waals surface area contributed by atoms with Crippen molar-refractivity contribution in [3.63, 3.8) is 0 Å². The predicted octanol–water partition coefficient (Wildman–Crippen LogP) is 3.75. The van der Waals surface area contributed by atoms with Gasteiger partial charge in [0.2, 0.25) is 0 Å². The molecule has 5 nitrogen and oxygen atoms in total. The van der Waals surface area contributed by atoms with Crippen LogP contribution < -0.4 is 10.6 Å². The molecule has 0 aliphatic carbocycles. The summed E-state index contributed by atoms with van der Waals surface area (Å²) in [6.07, 6.45) is 1.18. The lowest BCUT2D eigenvalue weighted by Gasteiger charge is -2.08. The number of para-hydroxylation sites is 1. The van der Waals surface area contributed by atoms with Crippen LogP contribution in [-0.2, 0) is 0 Å². The molecule has 0 aliphatic heterocycles. The maximum Gasteiger partial charge on any atom is 0.274 e. The highest BCUT2D eigenvalue weighted by Crippen LogP contribution is 2.18. The predicted molar refractivity (Wildman–Crippen MR) is 86.1 cm³/mol. The maximum atomic E-state index is 13.6. The van der Waals surface area contributed by atoms with Gasteiger partial charge in [-0.1, -0.05) is 18.2 Å². The van der Waals surface area contributed by atoms with E-state index in [9.17, 15) is 13.6 Å². The van der Waals surface area contributed by atoms with Crippen molar-refractivity contribution in [3.05, 3.63) is 78.3 Å². The van der Waals surface area contributed by atoms with Crippen molar-refractivity contribution >= 4 is 23.1 Å². The third-order valence-electron chi connectivity index (χ3n) is 3.12. The number of nitrogens with zero attached hydrogens (tertiary/aromatic N) is 2. The van der Waals surface area contributed by atoms with Gasteiger partial charge in [-0.05, 0) is 30.3 Å². The maximum absolute atomic E-state index is 13.6. The van der Waals surface area contributed by atoms with Crippen LogP contribution in [0.2, 0.25) is 0 Å². The van der Waals surface area contributed by atoms with Gasteiger partial charge in [0.1, 0.15) is 29.5 Å². The van der Waals surface area contributed by atoms with Crippen molar-refractivity contribution in [2.24, 2.45) is 0 Å². The Kier molecular flexibility index (Phi) is 4.42. The van der Waals surface area contributed by atoms with E-state index in [2.05, 4.69) is 20.6 Å². The SMILES string of the molecule is O=C(Nc1cccc(F)c1)c1cc(Nc2ccccc2F)ncn1. The quantitative estimate of drug-likeness (QED) is 0.766. The molecule has 0 fully saturated rings. The Hall–Kier alpha value is -3.35. The zero-order valence-electron chi connectivity index (χ0n) is 12.3. The topological polar surface area (TPSA) is 66.9 Å². The summed E-state index contributed by atoms with van der Waals surface area (Å²) in [6.45, 7) is 0. The van der Waals surface area contributed by atoms with Gasteiger partial charge in [0, 0.05) is 11.8 Å². The van der Waals surface area contributed by atoms with E-state index in [1.807, 2.05) is 0 Å². The van der Waals surface area contributed by atoms with Crippen LogP contribution >= 0.6 is 0 Å². The third-order valence-corrected chi connectivity index (χ3v) is 3.12. The largest absolute Gasteiger partial charge is 0.338 e. The average Bonchev–Trinajstić information content (AvgIpc) is 2.57. The zero-order valence-corrected chi connectivity index (χ0v) is 12.3. The summed E-state index contributed by atoms with van der Waals surface area (Å²) in [4.78, 5) is 20.0. The number of aromatic nitrogens is 2. The first-order valence-corrected chi connectivity index (χ1v) is 7.02. The Morgan fingerprint density at radius 1 is 0.958 bits per heavy atom. The summed E-state index contributed by atoms with van der Waals surface area (Å²) in [5.74, 6) is -1.17. The summed E-state index contributed by atoms with van der Waals surface area (Å²) in [5.41, 5.74) is 0.600. The van der Waals surface area contributed by atoms with Crippen LogP contribution in [0.1, 0.15) is 10.5 Å². The highest BCUT2D eigenvalue weighted by atomic mass is 19.1. The van der Waals surface area contributed by atoms with Gasteiger partial charge in [-0.15, -0.1) is 0 Å². The minimum atomic E-state index is -0.528. The zero-order chi connectivity index (χ0) is 16.9. The molecule has 0 aliphatic rings. The van der Waals surface area contributed by atoms with Crippen molar-refractivity contribution in [2.75, 3.05) is 10.6 Å². The number of carbonyl (C=O) groups excluding carboxylic acids is 1. The lowest BCUT2D eigenvalue weighted by atomic mass is 10.3. The van der Waals surface area contributed by atoms with E-state index in [4.69, 9.17) is 0 Å². The van der Waals surface area contributed by atoms with Gasteiger partial charge in [-0.25, -0.2) is 18.7 Å². The van der Waals surface area contributed by atoms with Gasteiger partial charge in [-0.2, -0.15) is 0 Å². The number of amides is 1. The Morgan fingerprint density at radius 2 is 1.79 bits per heavy atom. The van der Waals surface area contributed by atoms with Gasteiger partial charge in [0.25, 0.3) is 5.91 Å². The van der Waals surface area contributed by atoms with Crippen LogP contribution in [0.5, 0.6) is 0 Å². The van der Waals surface area contributed by atoms with Crippen LogP contribution in [0.3, 0.4) is 0 Å². The fourth-order valence-corrected chi connectivity index (χ4v) is 2.01. The molecule has 1 aromatic heterocycles. The molecule has 0 saturated heterocycles. The highest BCUT2D eigenvalue weighted by molar-refractivity contribution is 6.03. The smallest absolute Gasteiger partial charge is 0.274 e. The van der Waals surface area contributed by atoms with Crippen molar-refractivity contribution in [3.8, 4) is 0 Å². The first-order valence-electron chi connectivity index (χ1n) is 7.02. The number of nitrogens with one attached hydrogen (secondary N) is 2. The molecular formula is C17H12F2N4O. The summed E-state index contributed by atoms with van der Waals surface area (Å²) in [6, 6.07) is 13.0. The van der Waals surface area contributed by atoms with Gasteiger partial charge in [-0.3, -0.25) is 4.79 Å². The van der Waals surface area contributed by atoms with Crippen molar-refractivity contribution in [1.82, 2.24) is 9.97 Å². The molecular weight excluding hydrogens is 314 g/mol.